The van der Waals surface area contributed by atoms with Crippen molar-refractivity contribution in [1.29, 1.82) is 0 Å². The van der Waals surface area contributed by atoms with Gasteiger partial charge in [0.25, 0.3) is 0 Å². The van der Waals surface area contributed by atoms with Crippen molar-refractivity contribution in [1.82, 2.24) is 4.57 Å². The van der Waals surface area contributed by atoms with Gasteiger partial charge in [0.15, 0.2) is 0 Å². The van der Waals surface area contributed by atoms with E-state index >= 15 is 0 Å². The van der Waals surface area contributed by atoms with Gasteiger partial charge in [-0.2, -0.15) is 0 Å². The number of fused-ring (bicyclic) bond motifs is 3. The number of hydrogen-bond acceptors (Lipinski definition) is 0. The van der Waals surface area contributed by atoms with Gasteiger partial charge in [-0.1, -0.05) is 119 Å². The molecule has 0 aliphatic carbocycles. The monoisotopic (exact) mass is 467 g/mol. The molecule has 0 saturated heterocycles. The van der Waals surface area contributed by atoms with Crippen LogP contribution < -0.4 is 0 Å². The van der Waals surface area contributed by atoms with Gasteiger partial charge in [-0.3, -0.25) is 0 Å². The van der Waals surface area contributed by atoms with Gasteiger partial charge in [-0.05, 0) is 62.1 Å². The first-order chi connectivity index (χ1) is 15.9. The van der Waals surface area contributed by atoms with Crippen LogP contribution in [0.5, 0.6) is 0 Å². The summed E-state index contributed by atoms with van der Waals surface area (Å²) in [5.41, 5.74) is 9.76. The molecule has 0 spiro atoms. The largest absolute Gasteiger partial charge is 0.309 e. The molecule has 0 bridgehead atoms. The molecule has 186 valence electrons. The average molecular weight is 468 g/mol. The van der Waals surface area contributed by atoms with E-state index in [2.05, 4.69) is 142 Å². The van der Waals surface area contributed by atoms with Gasteiger partial charge in [-0.25, -0.2) is 0 Å². The molecule has 0 unspecified atom stereocenters. The Kier molecular flexibility index (Phi) is 5.83. The zero-order chi connectivity index (χ0) is 26.1. The fraction of sp³-hybridized carbons (Fsp3) is 0.471. The molecule has 0 aliphatic heterocycles. The van der Waals surface area contributed by atoms with E-state index < -0.39 is 0 Å². The highest BCUT2D eigenvalue weighted by molar-refractivity contribution is 6.09. The van der Waals surface area contributed by atoms with Crippen LogP contribution in [0.25, 0.3) is 27.5 Å². The van der Waals surface area contributed by atoms with Crippen LogP contribution in [-0.2, 0) is 21.7 Å². The molecule has 0 radical (unpaired) electrons. The van der Waals surface area contributed by atoms with Gasteiger partial charge in [0.2, 0.25) is 0 Å². The van der Waals surface area contributed by atoms with E-state index in [0.29, 0.717) is 0 Å². The van der Waals surface area contributed by atoms with E-state index in [9.17, 15) is 0 Å². The third-order valence-electron chi connectivity index (χ3n) is 7.34. The van der Waals surface area contributed by atoms with Crippen molar-refractivity contribution in [2.24, 2.45) is 0 Å². The molecule has 3 aromatic carbocycles. The zero-order valence-electron chi connectivity index (χ0n) is 24.1. The summed E-state index contributed by atoms with van der Waals surface area (Å²) in [4.78, 5) is 0. The Hall–Kier alpha value is -2.54. The Balaban J connectivity index is 2.25. The minimum atomic E-state index is 0.00536. The first-order valence-corrected chi connectivity index (χ1v) is 13.1. The van der Waals surface area contributed by atoms with Crippen LogP contribution in [0.2, 0.25) is 0 Å². The molecule has 0 amide bonds. The summed E-state index contributed by atoms with van der Waals surface area (Å²) in [6.45, 7) is 27.9. The number of rotatable bonds is 1. The van der Waals surface area contributed by atoms with Crippen molar-refractivity contribution >= 4 is 21.8 Å². The van der Waals surface area contributed by atoms with Crippen molar-refractivity contribution in [3.63, 3.8) is 0 Å². The minimum Gasteiger partial charge on any atom is -0.309 e. The second kappa shape index (κ2) is 7.99. The summed E-state index contributed by atoms with van der Waals surface area (Å²) in [5, 5.41) is 2.66. The number of nitrogens with zero attached hydrogens (tertiary/aromatic N) is 1. The second-order valence-electron chi connectivity index (χ2n) is 14.5. The second-order valence-corrected chi connectivity index (χ2v) is 14.5. The Morgan fingerprint density at radius 1 is 0.486 bits per heavy atom. The number of benzene rings is 3. The molecule has 4 aromatic rings. The van der Waals surface area contributed by atoms with E-state index in [0.717, 1.165) is 0 Å². The lowest BCUT2D eigenvalue weighted by atomic mass is 9.74. The predicted molar refractivity (Wildman–Crippen MR) is 156 cm³/mol. The van der Waals surface area contributed by atoms with Crippen LogP contribution in [0.4, 0.5) is 0 Å². The zero-order valence-corrected chi connectivity index (χ0v) is 24.1. The molecule has 0 aliphatic rings. The van der Waals surface area contributed by atoms with Crippen molar-refractivity contribution in [2.45, 2.75) is 105 Å². The van der Waals surface area contributed by atoms with Gasteiger partial charge in [0.05, 0.1) is 16.7 Å². The van der Waals surface area contributed by atoms with Crippen molar-refractivity contribution in [2.75, 3.05) is 0 Å². The van der Waals surface area contributed by atoms with Gasteiger partial charge >= 0.3 is 0 Å². The van der Waals surface area contributed by atoms with E-state index in [4.69, 9.17) is 0 Å². The van der Waals surface area contributed by atoms with Crippen LogP contribution >= 0.6 is 0 Å². The van der Waals surface area contributed by atoms with Gasteiger partial charge in [-0.15, -0.1) is 0 Å². The van der Waals surface area contributed by atoms with Crippen molar-refractivity contribution in [3.8, 4) is 5.69 Å². The van der Waals surface area contributed by atoms with E-state index in [-0.39, 0.29) is 21.7 Å². The highest BCUT2D eigenvalue weighted by atomic mass is 15.0. The standard InChI is InChI=1S/C34H45N/c1-31(2,3)22-16-18-24-25-19-17-23(32(4,5)6)21-29(25)35(28(24)20-22)27-15-13-14-26(33(7,8)9)30(27)34(10,11)12/h13-21H,1-12H3. The summed E-state index contributed by atoms with van der Waals surface area (Å²) in [7, 11) is 0. The maximum atomic E-state index is 2.56. The average Bonchev–Trinajstić information content (AvgIpc) is 3.03. The lowest BCUT2D eigenvalue weighted by Gasteiger charge is -2.33. The molecule has 35 heavy (non-hydrogen) atoms. The van der Waals surface area contributed by atoms with Crippen molar-refractivity contribution in [3.05, 3.63) is 76.9 Å². The topological polar surface area (TPSA) is 4.93 Å². The summed E-state index contributed by atoms with van der Waals surface area (Å²) in [6.07, 6.45) is 0. The first-order valence-electron chi connectivity index (χ1n) is 13.1. The molecule has 4 rings (SSSR count). The molecular weight excluding hydrogens is 422 g/mol. The highest BCUT2D eigenvalue weighted by Gasteiger charge is 2.30. The van der Waals surface area contributed by atoms with Gasteiger partial charge < -0.3 is 4.57 Å². The van der Waals surface area contributed by atoms with Crippen LogP contribution in [0.3, 0.4) is 0 Å². The summed E-state index contributed by atoms with van der Waals surface area (Å²) in [5.74, 6) is 0. The Morgan fingerprint density at radius 3 is 1.31 bits per heavy atom. The Labute approximate surface area is 213 Å². The SMILES string of the molecule is CC(C)(C)c1ccc2c3ccc(C(C)(C)C)cc3n(-c3cccc(C(C)(C)C)c3C(C)(C)C)c2c1. The van der Waals surface area contributed by atoms with Gasteiger partial charge in [0, 0.05) is 10.8 Å². The molecule has 0 fully saturated rings. The smallest absolute Gasteiger partial charge is 0.0544 e. The molecular formula is C34H45N. The minimum absolute atomic E-state index is 0.00536. The lowest BCUT2D eigenvalue weighted by Crippen LogP contribution is -2.24. The van der Waals surface area contributed by atoms with Gasteiger partial charge in [0.1, 0.15) is 0 Å². The molecule has 1 nitrogen and oxygen atoms in total. The summed E-state index contributed by atoms with van der Waals surface area (Å²) >= 11 is 0. The molecule has 0 saturated carbocycles. The van der Waals surface area contributed by atoms with Crippen LogP contribution in [-0.4, -0.2) is 4.57 Å². The molecule has 1 heteroatoms. The summed E-state index contributed by atoms with van der Waals surface area (Å²) in [6, 6.07) is 21.1. The first kappa shape index (κ1) is 25.5. The maximum Gasteiger partial charge on any atom is 0.0544 e. The van der Waals surface area contributed by atoms with E-state index in [1.165, 1.54) is 49.7 Å². The highest BCUT2D eigenvalue weighted by Crippen LogP contribution is 2.42. The molecule has 1 aromatic heterocycles. The quantitative estimate of drug-likeness (QED) is 0.262. The predicted octanol–water partition coefficient (Wildman–Crippen LogP) is 9.97. The van der Waals surface area contributed by atoms with Crippen LogP contribution in [0.1, 0.15) is 105 Å². The maximum absolute atomic E-state index is 2.56. The van der Waals surface area contributed by atoms with Crippen LogP contribution in [0, 0.1) is 0 Å². The molecule has 0 atom stereocenters. The van der Waals surface area contributed by atoms with E-state index in [1.54, 1.807) is 0 Å². The normalized spacial score (nSPS) is 13.7. The third-order valence-corrected chi connectivity index (χ3v) is 7.34. The molecule has 1 heterocycles. The fourth-order valence-electron chi connectivity index (χ4n) is 5.35. The number of hydrogen-bond donors (Lipinski definition) is 0. The summed E-state index contributed by atoms with van der Waals surface area (Å²) < 4.78 is 2.56. The number of aromatic nitrogens is 1. The van der Waals surface area contributed by atoms with Crippen molar-refractivity contribution < 1.29 is 0 Å². The van der Waals surface area contributed by atoms with E-state index in [1.807, 2.05) is 0 Å². The third kappa shape index (κ3) is 4.55. The fourth-order valence-corrected chi connectivity index (χ4v) is 5.35. The lowest BCUT2D eigenvalue weighted by molar-refractivity contribution is 0.528. The Morgan fingerprint density at radius 2 is 0.943 bits per heavy atom. The molecule has 0 N–H and O–H groups in total. The van der Waals surface area contributed by atoms with Crippen LogP contribution in [0.15, 0.2) is 54.6 Å². The Bertz CT molecular complexity index is 1330.